The topological polar surface area (TPSA) is 71.4 Å². The number of carbonyl (C=O) groups is 1. The highest BCUT2D eigenvalue weighted by molar-refractivity contribution is 7.80. The second-order valence-electron chi connectivity index (χ2n) is 10.9. The molecule has 1 aromatic carbocycles. The summed E-state index contributed by atoms with van der Waals surface area (Å²) in [5, 5.41) is 7.15. The number of pyridine rings is 1. The minimum absolute atomic E-state index is 0.0711. The summed E-state index contributed by atoms with van der Waals surface area (Å²) in [6.45, 7) is 5.66. The Labute approximate surface area is 224 Å². The summed E-state index contributed by atoms with van der Waals surface area (Å²) in [5.74, 6) is 0.514. The number of carbonyl (C=O) groups excluding carboxylic acids is 1. The minimum Gasteiger partial charge on any atom is -0.494 e. The van der Waals surface area contributed by atoms with Gasteiger partial charge in [0.05, 0.1) is 30.6 Å². The molecule has 37 heavy (non-hydrogen) atoms. The lowest BCUT2D eigenvalue weighted by Crippen LogP contribution is -2.30. The van der Waals surface area contributed by atoms with Gasteiger partial charge in [0.1, 0.15) is 5.75 Å². The first-order valence-electron chi connectivity index (χ1n) is 12.9. The van der Waals surface area contributed by atoms with Gasteiger partial charge in [-0.3, -0.25) is 9.78 Å². The standard InChI is InChI=1S/C29H35N5O2S/c1-29(2,3)27(35)31-22-13-12-21(17-24(22)36-4)34-26(19-14-16-33(18-19)20-9-5-6-10-20)25(32-28(34)37)23-11-7-8-15-30-23/h7-8,11-18,20,25-26H,5-6,9-10H2,1-4H3,(H,31,35)(H,32,37)/t25-,26-/m1/s1. The Balaban J connectivity index is 1.53. The molecule has 1 aliphatic heterocycles. The van der Waals surface area contributed by atoms with E-state index in [4.69, 9.17) is 17.0 Å². The molecule has 0 unspecified atom stereocenters. The average Bonchev–Trinajstić information content (AvgIpc) is 3.64. The number of hydrogen-bond acceptors (Lipinski definition) is 4. The molecule has 5 rings (SSSR count). The Morgan fingerprint density at radius 3 is 2.62 bits per heavy atom. The van der Waals surface area contributed by atoms with E-state index in [1.807, 2.05) is 63.4 Å². The highest BCUT2D eigenvalue weighted by Gasteiger charge is 2.41. The van der Waals surface area contributed by atoms with Gasteiger partial charge in [-0.25, -0.2) is 0 Å². The summed E-state index contributed by atoms with van der Waals surface area (Å²) in [5.41, 5.74) is 3.12. The zero-order chi connectivity index (χ0) is 26.2. The van der Waals surface area contributed by atoms with Crippen LogP contribution in [0.2, 0.25) is 0 Å². The van der Waals surface area contributed by atoms with Gasteiger partial charge in [0, 0.05) is 41.8 Å². The fourth-order valence-electron chi connectivity index (χ4n) is 5.25. The van der Waals surface area contributed by atoms with E-state index in [1.54, 1.807) is 7.11 Å². The molecule has 1 aliphatic carbocycles. The van der Waals surface area contributed by atoms with Crippen LogP contribution in [-0.2, 0) is 4.79 Å². The molecule has 3 aromatic rings. The van der Waals surface area contributed by atoms with E-state index < -0.39 is 5.41 Å². The maximum absolute atomic E-state index is 12.6. The molecular formula is C29H35N5O2S. The van der Waals surface area contributed by atoms with E-state index in [0.717, 1.165) is 11.4 Å². The van der Waals surface area contributed by atoms with Crippen molar-refractivity contribution in [3.8, 4) is 5.75 Å². The number of nitrogens with zero attached hydrogens (tertiary/aromatic N) is 3. The first-order valence-corrected chi connectivity index (χ1v) is 13.3. The number of anilines is 2. The van der Waals surface area contributed by atoms with Crippen molar-refractivity contribution in [1.82, 2.24) is 14.9 Å². The van der Waals surface area contributed by atoms with Crippen LogP contribution in [0.1, 0.15) is 75.8 Å². The lowest BCUT2D eigenvalue weighted by Gasteiger charge is -2.28. The van der Waals surface area contributed by atoms with Crippen molar-refractivity contribution in [1.29, 1.82) is 0 Å². The second-order valence-corrected chi connectivity index (χ2v) is 11.3. The van der Waals surface area contributed by atoms with Crippen LogP contribution < -0.4 is 20.3 Å². The monoisotopic (exact) mass is 517 g/mol. The zero-order valence-corrected chi connectivity index (χ0v) is 22.7. The highest BCUT2D eigenvalue weighted by atomic mass is 32.1. The summed E-state index contributed by atoms with van der Waals surface area (Å²) in [6, 6.07) is 14.3. The number of benzene rings is 1. The summed E-state index contributed by atoms with van der Waals surface area (Å²) in [6.07, 6.45) is 11.3. The predicted molar refractivity (Wildman–Crippen MR) is 151 cm³/mol. The van der Waals surface area contributed by atoms with Crippen LogP contribution in [0.25, 0.3) is 0 Å². The number of rotatable bonds is 6. The van der Waals surface area contributed by atoms with Crippen molar-refractivity contribution in [3.05, 3.63) is 72.3 Å². The molecular weight excluding hydrogens is 482 g/mol. The van der Waals surface area contributed by atoms with Gasteiger partial charge in [-0.1, -0.05) is 39.7 Å². The van der Waals surface area contributed by atoms with Gasteiger partial charge in [-0.05, 0) is 61.0 Å². The van der Waals surface area contributed by atoms with Crippen LogP contribution in [0.4, 0.5) is 11.4 Å². The van der Waals surface area contributed by atoms with Gasteiger partial charge in [-0.2, -0.15) is 0 Å². The molecule has 7 nitrogen and oxygen atoms in total. The van der Waals surface area contributed by atoms with Crippen LogP contribution in [0, 0.1) is 5.41 Å². The lowest BCUT2D eigenvalue weighted by atomic mass is 9.95. The number of ether oxygens (including phenoxy) is 1. The number of thiocarbonyl (C=S) groups is 1. The summed E-state index contributed by atoms with van der Waals surface area (Å²) < 4.78 is 8.06. The third-order valence-corrected chi connectivity index (χ3v) is 7.63. The molecule has 2 aromatic heterocycles. The molecule has 1 saturated heterocycles. The van der Waals surface area contributed by atoms with Crippen LogP contribution in [0.5, 0.6) is 5.75 Å². The third kappa shape index (κ3) is 5.07. The molecule has 2 aliphatic rings. The van der Waals surface area contributed by atoms with Gasteiger partial charge in [-0.15, -0.1) is 0 Å². The summed E-state index contributed by atoms with van der Waals surface area (Å²) in [4.78, 5) is 19.4. The van der Waals surface area contributed by atoms with Crippen molar-refractivity contribution >= 4 is 34.6 Å². The van der Waals surface area contributed by atoms with Crippen molar-refractivity contribution in [2.75, 3.05) is 17.3 Å². The van der Waals surface area contributed by atoms with Crippen molar-refractivity contribution in [2.45, 2.75) is 64.6 Å². The Bertz CT molecular complexity index is 1280. The molecule has 8 heteroatoms. The molecule has 1 saturated carbocycles. The van der Waals surface area contributed by atoms with E-state index in [1.165, 1.54) is 31.2 Å². The molecule has 0 spiro atoms. The number of nitrogens with one attached hydrogen (secondary N) is 2. The highest BCUT2D eigenvalue weighted by Crippen LogP contribution is 2.44. The number of aromatic nitrogens is 2. The van der Waals surface area contributed by atoms with Crippen molar-refractivity contribution in [3.63, 3.8) is 0 Å². The van der Waals surface area contributed by atoms with Gasteiger partial charge in [0.15, 0.2) is 5.11 Å². The fraction of sp³-hybridized carbons (Fsp3) is 0.414. The molecule has 2 N–H and O–H groups in total. The molecule has 3 heterocycles. The molecule has 2 fully saturated rings. The number of methoxy groups -OCH3 is 1. The molecule has 0 radical (unpaired) electrons. The number of hydrogen-bond donors (Lipinski definition) is 2. The molecule has 0 bridgehead atoms. The van der Waals surface area contributed by atoms with Crippen LogP contribution in [0.15, 0.2) is 61.1 Å². The predicted octanol–water partition coefficient (Wildman–Crippen LogP) is 6.17. The van der Waals surface area contributed by atoms with Gasteiger partial charge < -0.3 is 24.8 Å². The van der Waals surface area contributed by atoms with E-state index in [0.29, 0.717) is 22.6 Å². The summed E-state index contributed by atoms with van der Waals surface area (Å²) in [7, 11) is 1.61. The maximum atomic E-state index is 12.6. The van der Waals surface area contributed by atoms with Gasteiger partial charge in [0.25, 0.3) is 0 Å². The quantitative estimate of drug-likeness (QED) is 0.381. The van der Waals surface area contributed by atoms with Crippen LogP contribution in [0.3, 0.4) is 0 Å². The van der Waals surface area contributed by atoms with Crippen LogP contribution in [-0.4, -0.2) is 27.7 Å². The summed E-state index contributed by atoms with van der Waals surface area (Å²) >= 11 is 5.89. The van der Waals surface area contributed by atoms with E-state index in [-0.39, 0.29) is 18.0 Å². The maximum Gasteiger partial charge on any atom is 0.229 e. The minimum atomic E-state index is -0.516. The third-order valence-electron chi connectivity index (χ3n) is 7.32. The molecule has 2 atom stereocenters. The lowest BCUT2D eigenvalue weighted by molar-refractivity contribution is -0.123. The second kappa shape index (κ2) is 10.2. The Morgan fingerprint density at radius 2 is 1.95 bits per heavy atom. The molecule has 194 valence electrons. The largest absolute Gasteiger partial charge is 0.494 e. The Hall–Kier alpha value is -3.39. The van der Waals surface area contributed by atoms with E-state index in [2.05, 4.69) is 43.5 Å². The first-order chi connectivity index (χ1) is 17.8. The molecule has 1 amide bonds. The van der Waals surface area contributed by atoms with Gasteiger partial charge in [0.2, 0.25) is 5.91 Å². The normalized spacial score (nSPS) is 20.2. The first kappa shape index (κ1) is 25.3. The fourth-order valence-corrected chi connectivity index (χ4v) is 5.60. The number of amides is 1. The Kier molecular flexibility index (Phi) is 6.94. The van der Waals surface area contributed by atoms with E-state index >= 15 is 0 Å². The van der Waals surface area contributed by atoms with E-state index in [9.17, 15) is 4.79 Å². The van der Waals surface area contributed by atoms with Crippen molar-refractivity contribution in [2.24, 2.45) is 5.41 Å². The smallest absolute Gasteiger partial charge is 0.229 e. The van der Waals surface area contributed by atoms with Crippen molar-refractivity contribution < 1.29 is 9.53 Å². The SMILES string of the molecule is COc1cc(N2C(=S)N[C@H](c3ccccn3)[C@H]2c2ccn(C3CCCC3)c2)ccc1NC(=O)C(C)(C)C. The average molecular weight is 518 g/mol. The Morgan fingerprint density at radius 1 is 1.16 bits per heavy atom. The van der Waals surface area contributed by atoms with Gasteiger partial charge >= 0.3 is 0 Å². The zero-order valence-electron chi connectivity index (χ0n) is 21.9. The van der Waals surface area contributed by atoms with Crippen LogP contribution >= 0.6 is 12.2 Å².